The van der Waals surface area contributed by atoms with Crippen LogP contribution in [0.4, 0.5) is 0 Å². The van der Waals surface area contributed by atoms with Crippen LogP contribution in [0.25, 0.3) is 21.5 Å². The van der Waals surface area contributed by atoms with E-state index >= 15 is 0 Å². The first kappa shape index (κ1) is 13.9. The van der Waals surface area contributed by atoms with E-state index in [0.717, 1.165) is 16.0 Å². The van der Waals surface area contributed by atoms with Crippen molar-refractivity contribution in [3.8, 4) is 10.8 Å². The fraction of sp³-hybridized carbons (Fsp3) is 0.118. The Kier molecular flexibility index (Phi) is 3.31. The quantitative estimate of drug-likeness (QED) is 0.579. The summed E-state index contributed by atoms with van der Waals surface area (Å²) < 4.78 is 7.14. The Bertz CT molecular complexity index is 1030. The maximum atomic E-state index is 12.5. The third-order valence-corrected chi connectivity index (χ3v) is 4.54. The number of aryl methyl sites for hydroxylation is 1. The van der Waals surface area contributed by atoms with Crippen LogP contribution in [0.15, 0.2) is 57.2 Å². The lowest BCUT2D eigenvalue weighted by molar-refractivity contribution is 0.535. The minimum absolute atomic E-state index is 0.122. The van der Waals surface area contributed by atoms with Gasteiger partial charge in [0.05, 0.1) is 23.0 Å². The fourth-order valence-corrected chi connectivity index (χ4v) is 3.11. The van der Waals surface area contributed by atoms with Gasteiger partial charge in [-0.25, -0.2) is 9.67 Å². The molecule has 23 heavy (non-hydrogen) atoms. The molecule has 0 saturated heterocycles. The maximum absolute atomic E-state index is 12.5. The van der Waals surface area contributed by atoms with Gasteiger partial charge in [-0.05, 0) is 24.4 Å². The number of oxazole rings is 1. The number of fused-ring (bicyclic) bond motifs is 1. The van der Waals surface area contributed by atoms with Crippen molar-refractivity contribution >= 4 is 22.1 Å². The molecule has 6 heteroatoms. The zero-order valence-electron chi connectivity index (χ0n) is 12.4. The number of hydrogen-bond acceptors (Lipinski definition) is 5. The van der Waals surface area contributed by atoms with Gasteiger partial charge < -0.3 is 4.42 Å². The van der Waals surface area contributed by atoms with Gasteiger partial charge in [0.15, 0.2) is 0 Å². The summed E-state index contributed by atoms with van der Waals surface area (Å²) in [5, 5.41) is 7.71. The molecular formula is C17H13N3O2S. The Morgan fingerprint density at radius 2 is 2.09 bits per heavy atom. The largest absolute Gasteiger partial charge is 0.440 e. The monoisotopic (exact) mass is 323 g/mol. The van der Waals surface area contributed by atoms with E-state index < -0.39 is 0 Å². The summed E-state index contributed by atoms with van der Waals surface area (Å²) in [6.45, 7) is 2.15. The second kappa shape index (κ2) is 5.48. The van der Waals surface area contributed by atoms with E-state index in [2.05, 4.69) is 10.1 Å². The van der Waals surface area contributed by atoms with E-state index in [0.29, 0.717) is 23.6 Å². The predicted molar refractivity (Wildman–Crippen MR) is 89.7 cm³/mol. The number of thiophene rings is 1. The first-order valence-electron chi connectivity index (χ1n) is 7.17. The highest BCUT2D eigenvalue weighted by molar-refractivity contribution is 7.13. The van der Waals surface area contributed by atoms with Crippen LogP contribution in [-0.4, -0.2) is 14.8 Å². The molecule has 0 N–H and O–H groups in total. The van der Waals surface area contributed by atoms with Gasteiger partial charge in [-0.15, -0.1) is 11.3 Å². The normalized spacial score (nSPS) is 11.2. The summed E-state index contributed by atoms with van der Waals surface area (Å²) in [5.74, 6) is 1.29. The minimum Gasteiger partial charge on any atom is -0.440 e. The summed E-state index contributed by atoms with van der Waals surface area (Å²) in [7, 11) is 0. The van der Waals surface area contributed by atoms with Crippen LogP contribution in [0.3, 0.4) is 0 Å². The highest BCUT2D eigenvalue weighted by Crippen LogP contribution is 2.26. The van der Waals surface area contributed by atoms with Crippen LogP contribution in [0.5, 0.6) is 0 Å². The van der Waals surface area contributed by atoms with Gasteiger partial charge in [-0.1, -0.05) is 24.3 Å². The third kappa shape index (κ3) is 2.47. The van der Waals surface area contributed by atoms with Gasteiger partial charge >= 0.3 is 0 Å². The highest BCUT2D eigenvalue weighted by Gasteiger charge is 2.14. The maximum Gasteiger partial charge on any atom is 0.274 e. The smallest absolute Gasteiger partial charge is 0.274 e. The van der Waals surface area contributed by atoms with Crippen molar-refractivity contribution in [2.45, 2.75) is 13.5 Å². The number of aromatic nitrogens is 3. The van der Waals surface area contributed by atoms with E-state index in [1.54, 1.807) is 17.5 Å². The predicted octanol–water partition coefficient (Wildman–Crippen LogP) is 3.47. The molecular weight excluding hydrogens is 310 g/mol. The third-order valence-electron chi connectivity index (χ3n) is 3.69. The van der Waals surface area contributed by atoms with Crippen molar-refractivity contribution in [2.75, 3.05) is 0 Å². The van der Waals surface area contributed by atoms with E-state index in [4.69, 9.17) is 4.42 Å². The van der Waals surface area contributed by atoms with E-state index in [9.17, 15) is 4.79 Å². The van der Waals surface area contributed by atoms with Gasteiger partial charge in [-0.2, -0.15) is 5.10 Å². The second-order valence-electron chi connectivity index (χ2n) is 5.19. The molecule has 0 aliphatic rings. The molecule has 4 aromatic rings. The molecule has 3 aromatic heterocycles. The zero-order chi connectivity index (χ0) is 15.8. The molecule has 0 bridgehead atoms. The molecule has 0 aliphatic heterocycles. The molecule has 5 nitrogen and oxygen atoms in total. The van der Waals surface area contributed by atoms with E-state index in [-0.39, 0.29) is 5.56 Å². The summed E-state index contributed by atoms with van der Waals surface area (Å²) in [6, 6.07) is 11.3. The molecule has 0 fully saturated rings. The Hall–Kier alpha value is -2.73. The average Bonchev–Trinajstić information content (AvgIpc) is 3.21. The average molecular weight is 323 g/mol. The van der Waals surface area contributed by atoms with Crippen LogP contribution in [0.1, 0.15) is 11.5 Å². The Labute approximate surface area is 135 Å². The minimum atomic E-state index is -0.122. The van der Waals surface area contributed by atoms with Crippen LogP contribution in [-0.2, 0) is 6.54 Å². The lowest BCUT2D eigenvalue weighted by atomic mass is 10.2. The van der Waals surface area contributed by atoms with E-state index in [1.165, 1.54) is 4.68 Å². The standard InChI is InChI=1S/C17H13N3O2S/c1-11-14(19-16(22-11)15-7-4-8-23-15)10-20-17(21)13-6-3-2-5-12(13)9-18-20/h2-9H,10H2,1H3. The first-order valence-corrected chi connectivity index (χ1v) is 8.05. The molecule has 4 rings (SSSR count). The van der Waals surface area contributed by atoms with Crippen molar-refractivity contribution in [3.05, 3.63) is 69.8 Å². The molecule has 1 aromatic carbocycles. The van der Waals surface area contributed by atoms with Crippen molar-refractivity contribution in [1.82, 2.24) is 14.8 Å². The lowest BCUT2D eigenvalue weighted by Gasteiger charge is -2.04. The molecule has 3 heterocycles. The first-order chi connectivity index (χ1) is 11.2. The summed E-state index contributed by atoms with van der Waals surface area (Å²) >= 11 is 1.57. The topological polar surface area (TPSA) is 60.9 Å². The van der Waals surface area contributed by atoms with Crippen molar-refractivity contribution in [2.24, 2.45) is 0 Å². The second-order valence-corrected chi connectivity index (χ2v) is 6.14. The molecule has 0 atom stereocenters. The lowest BCUT2D eigenvalue weighted by Crippen LogP contribution is -2.23. The fourth-order valence-electron chi connectivity index (χ4n) is 2.46. The Morgan fingerprint density at radius 3 is 2.91 bits per heavy atom. The molecule has 0 amide bonds. The number of benzene rings is 1. The number of nitrogens with zero attached hydrogens (tertiary/aromatic N) is 3. The molecule has 0 saturated carbocycles. The van der Waals surface area contributed by atoms with Gasteiger partial charge in [0.2, 0.25) is 5.89 Å². The number of rotatable bonds is 3. The Balaban J connectivity index is 1.74. The summed E-state index contributed by atoms with van der Waals surface area (Å²) in [4.78, 5) is 18.0. The molecule has 0 spiro atoms. The number of hydrogen-bond donors (Lipinski definition) is 0. The molecule has 114 valence electrons. The van der Waals surface area contributed by atoms with Crippen LogP contribution >= 0.6 is 11.3 Å². The molecule has 0 unspecified atom stereocenters. The van der Waals surface area contributed by atoms with Gasteiger partial charge in [0.1, 0.15) is 11.5 Å². The van der Waals surface area contributed by atoms with Gasteiger partial charge in [-0.3, -0.25) is 4.79 Å². The summed E-state index contributed by atoms with van der Waals surface area (Å²) in [6.07, 6.45) is 1.70. The van der Waals surface area contributed by atoms with Crippen LogP contribution in [0, 0.1) is 6.92 Å². The van der Waals surface area contributed by atoms with Crippen molar-refractivity contribution < 1.29 is 4.42 Å². The van der Waals surface area contributed by atoms with Crippen molar-refractivity contribution in [3.63, 3.8) is 0 Å². The van der Waals surface area contributed by atoms with Crippen molar-refractivity contribution in [1.29, 1.82) is 0 Å². The SMILES string of the molecule is Cc1oc(-c2cccs2)nc1Cn1ncc2ccccc2c1=O. The highest BCUT2D eigenvalue weighted by atomic mass is 32.1. The molecule has 0 radical (unpaired) electrons. The van der Waals surface area contributed by atoms with Gasteiger partial charge in [0, 0.05) is 5.39 Å². The van der Waals surface area contributed by atoms with Gasteiger partial charge in [0.25, 0.3) is 5.56 Å². The zero-order valence-corrected chi connectivity index (χ0v) is 13.2. The molecule has 0 aliphatic carbocycles. The Morgan fingerprint density at radius 1 is 1.22 bits per heavy atom. The van der Waals surface area contributed by atoms with E-state index in [1.807, 2.05) is 48.7 Å². The van der Waals surface area contributed by atoms with Crippen LogP contribution in [0.2, 0.25) is 0 Å². The van der Waals surface area contributed by atoms with Crippen LogP contribution < -0.4 is 5.56 Å². The summed E-state index contributed by atoms with van der Waals surface area (Å²) in [5.41, 5.74) is 0.599.